The van der Waals surface area contributed by atoms with Gasteiger partial charge in [-0.05, 0) is 31.0 Å². The largest absolute Gasteiger partial charge is 0.496 e. The molecule has 2 fully saturated rings. The van der Waals surface area contributed by atoms with E-state index in [-0.39, 0.29) is 11.9 Å². The minimum Gasteiger partial charge on any atom is -0.496 e. The van der Waals surface area contributed by atoms with E-state index in [1.54, 1.807) is 13.2 Å². The molecule has 3 heterocycles. The second-order valence-electron chi connectivity index (χ2n) is 6.87. The Balaban J connectivity index is 1.55. The molecule has 1 atom stereocenters. The van der Waals surface area contributed by atoms with E-state index in [9.17, 15) is 4.39 Å². The number of aromatic nitrogens is 3. The molecule has 28 heavy (non-hydrogen) atoms. The van der Waals surface area contributed by atoms with E-state index in [1.165, 1.54) is 23.9 Å². The van der Waals surface area contributed by atoms with Crippen LogP contribution in [0.3, 0.4) is 0 Å². The minimum atomic E-state index is -0.272. The molecule has 1 aromatic heterocycles. The number of methoxy groups -OCH3 is 1. The number of benzene rings is 1. The number of halogens is 1. The van der Waals surface area contributed by atoms with Gasteiger partial charge in [0.25, 0.3) is 0 Å². The predicted octanol–water partition coefficient (Wildman–Crippen LogP) is 2.73. The molecule has 1 aromatic carbocycles. The summed E-state index contributed by atoms with van der Waals surface area (Å²) in [5.41, 5.74) is 0.798. The van der Waals surface area contributed by atoms with Gasteiger partial charge in [-0.2, -0.15) is 0 Å². The van der Waals surface area contributed by atoms with Crippen molar-refractivity contribution in [3.63, 3.8) is 0 Å². The summed E-state index contributed by atoms with van der Waals surface area (Å²) in [6.45, 7) is 4.51. The SMILES string of the molecule is COc1ccc(F)cc1CSc1nnc(N2CCOCC2)n1CC1CCCO1. The third kappa shape index (κ3) is 4.42. The highest BCUT2D eigenvalue weighted by atomic mass is 32.2. The first-order valence-electron chi connectivity index (χ1n) is 9.57. The zero-order valence-electron chi connectivity index (χ0n) is 16.0. The summed E-state index contributed by atoms with van der Waals surface area (Å²) in [6.07, 6.45) is 2.31. The first kappa shape index (κ1) is 19.5. The summed E-state index contributed by atoms with van der Waals surface area (Å²) < 4.78 is 32.5. The molecule has 152 valence electrons. The minimum absolute atomic E-state index is 0.179. The number of morpholine rings is 1. The van der Waals surface area contributed by atoms with E-state index in [2.05, 4.69) is 19.7 Å². The number of hydrogen-bond donors (Lipinski definition) is 0. The van der Waals surface area contributed by atoms with Crippen molar-refractivity contribution in [2.45, 2.75) is 36.4 Å². The lowest BCUT2D eigenvalue weighted by molar-refractivity contribution is 0.0942. The first-order valence-corrected chi connectivity index (χ1v) is 10.6. The Kier molecular flexibility index (Phi) is 6.33. The Morgan fingerprint density at radius 2 is 2.11 bits per heavy atom. The lowest BCUT2D eigenvalue weighted by atomic mass is 10.2. The van der Waals surface area contributed by atoms with E-state index in [4.69, 9.17) is 14.2 Å². The molecule has 2 saturated heterocycles. The molecule has 0 N–H and O–H groups in total. The van der Waals surface area contributed by atoms with E-state index < -0.39 is 0 Å². The van der Waals surface area contributed by atoms with Crippen molar-refractivity contribution in [1.29, 1.82) is 0 Å². The van der Waals surface area contributed by atoms with Crippen LogP contribution in [0.1, 0.15) is 18.4 Å². The van der Waals surface area contributed by atoms with Crippen molar-refractivity contribution in [3.05, 3.63) is 29.6 Å². The summed E-state index contributed by atoms with van der Waals surface area (Å²) in [6, 6.07) is 4.57. The highest BCUT2D eigenvalue weighted by Gasteiger charge is 2.25. The maximum Gasteiger partial charge on any atom is 0.228 e. The highest BCUT2D eigenvalue weighted by molar-refractivity contribution is 7.98. The van der Waals surface area contributed by atoms with Crippen LogP contribution in [0.2, 0.25) is 0 Å². The summed E-state index contributed by atoms with van der Waals surface area (Å²) in [4.78, 5) is 2.21. The number of nitrogens with zero attached hydrogens (tertiary/aromatic N) is 4. The van der Waals surface area contributed by atoms with E-state index in [1.807, 2.05) is 0 Å². The normalized spacial score (nSPS) is 19.9. The molecule has 0 bridgehead atoms. The van der Waals surface area contributed by atoms with Gasteiger partial charge in [-0.3, -0.25) is 4.57 Å². The average molecular weight is 408 g/mol. The van der Waals surface area contributed by atoms with Crippen molar-refractivity contribution < 1.29 is 18.6 Å². The van der Waals surface area contributed by atoms with Crippen LogP contribution in [0.4, 0.5) is 10.3 Å². The van der Waals surface area contributed by atoms with E-state index in [0.29, 0.717) is 24.7 Å². The fourth-order valence-electron chi connectivity index (χ4n) is 3.54. The van der Waals surface area contributed by atoms with Crippen molar-refractivity contribution in [3.8, 4) is 5.75 Å². The molecule has 2 aliphatic heterocycles. The zero-order valence-corrected chi connectivity index (χ0v) is 16.8. The number of anilines is 1. The number of thioether (sulfide) groups is 1. The van der Waals surface area contributed by atoms with Gasteiger partial charge >= 0.3 is 0 Å². The molecular formula is C19H25FN4O3S. The Morgan fingerprint density at radius 1 is 1.25 bits per heavy atom. The topological polar surface area (TPSA) is 61.6 Å². The number of ether oxygens (including phenoxy) is 3. The molecular weight excluding hydrogens is 383 g/mol. The standard InChI is InChI=1S/C19H25FN4O3S/c1-25-17-5-4-15(20)11-14(17)13-28-19-22-21-18(23-6-9-26-10-7-23)24(19)12-16-3-2-8-27-16/h4-5,11,16H,2-3,6-10,12-13H2,1H3. The van der Waals surface area contributed by atoms with Gasteiger partial charge in [0.05, 0.1) is 33.0 Å². The second kappa shape index (κ2) is 9.11. The second-order valence-corrected chi connectivity index (χ2v) is 7.81. The van der Waals surface area contributed by atoms with Crippen LogP contribution in [0.25, 0.3) is 0 Å². The van der Waals surface area contributed by atoms with Gasteiger partial charge in [0, 0.05) is 31.0 Å². The number of hydrogen-bond acceptors (Lipinski definition) is 7. The lowest BCUT2D eigenvalue weighted by Crippen LogP contribution is -2.38. The predicted molar refractivity (Wildman–Crippen MR) is 105 cm³/mol. The third-order valence-corrected chi connectivity index (χ3v) is 6.02. The molecule has 1 unspecified atom stereocenters. The third-order valence-electron chi connectivity index (χ3n) is 5.00. The summed E-state index contributed by atoms with van der Waals surface area (Å²) in [5, 5.41) is 9.69. The Bertz CT molecular complexity index is 791. The molecule has 7 nitrogen and oxygen atoms in total. The maximum absolute atomic E-state index is 13.7. The first-order chi connectivity index (χ1) is 13.7. The van der Waals surface area contributed by atoms with Gasteiger partial charge in [0.2, 0.25) is 5.95 Å². The van der Waals surface area contributed by atoms with Crippen molar-refractivity contribution in [2.24, 2.45) is 0 Å². The van der Waals surface area contributed by atoms with Crippen LogP contribution >= 0.6 is 11.8 Å². The van der Waals surface area contributed by atoms with Gasteiger partial charge in [0.1, 0.15) is 11.6 Å². The molecule has 0 aliphatic carbocycles. The van der Waals surface area contributed by atoms with Gasteiger partial charge < -0.3 is 19.1 Å². The maximum atomic E-state index is 13.7. The molecule has 0 spiro atoms. The fraction of sp³-hybridized carbons (Fsp3) is 0.579. The molecule has 2 aliphatic rings. The molecule has 0 saturated carbocycles. The smallest absolute Gasteiger partial charge is 0.228 e. The lowest BCUT2D eigenvalue weighted by Gasteiger charge is -2.28. The van der Waals surface area contributed by atoms with Crippen LogP contribution in [0.15, 0.2) is 23.4 Å². The van der Waals surface area contributed by atoms with Crippen molar-refractivity contribution in [1.82, 2.24) is 14.8 Å². The van der Waals surface area contributed by atoms with Crippen LogP contribution in [0.5, 0.6) is 5.75 Å². The Morgan fingerprint density at radius 3 is 2.86 bits per heavy atom. The van der Waals surface area contributed by atoms with E-state index >= 15 is 0 Å². The van der Waals surface area contributed by atoms with E-state index in [0.717, 1.165) is 55.8 Å². The highest BCUT2D eigenvalue weighted by Crippen LogP contribution is 2.31. The summed E-state index contributed by atoms with van der Waals surface area (Å²) >= 11 is 1.54. The van der Waals surface area contributed by atoms with Gasteiger partial charge in [-0.15, -0.1) is 10.2 Å². The quantitative estimate of drug-likeness (QED) is 0.653. The van der Waals surface area contributed by atoms with Gasteiger partial charge in [-0.1, -0.05) is 11.8 Å². The summed E-state index contributed by atoms with van der Waals surface area (Å²) in [5.74, 6) is 1.81. The number of rotatable bonds is 7. The Labute approximate surface area is 168 Å². The van der Waals surface area contributed by atoms with Gasteiger partial charge in [0.15, 0.2) is 5.16 Å². The van der Waals surface area contributed by atoms with Crippen molar-refractivity contribution in [2.75, 3.05) is 44.9 Å². The van der Waals surface area contributed by atoms with Crippen LogP contribution in [0, 0.1) is 5.82 Å². The van der Waals surface area contributed by atoms with Crippen LogP contribution in [-0.2, 0) is 21.8 Å². The molecule has 0 radical (unpaired) electrons. The van der Waals surface area contributed by atoms with Crippen LogP contribution < -0.4 is 9.64 Å². The molecule has 9 heteroatoms. The molecule has 2 aromatic rings. The molecule has 4 rings (SSSR count). The summed E-state index contributed by atoms with van der Waals surface area (Å²) in [7, 11) is 1.60. The zero-order chi connectivity index (χ0) is 19.3. The average Bonchev–Trinajstić information content (AvgIpc) is 3.38. The Hall–Kier alpha value is -1.84. The monoisotopic (exact) mass is 408 g/mol. The van der Waals surface area contributed by atoms with Gasteiger partial charge in [-0.25, -0.2) is 4.39 Å². The van der Waals surface area contributed by atoms with Crippen molar-refractivity contribution >= 4 is 17.7 Å². The fourth-order valence-corrected chi connectivity index (χ4v) is 4.46. The molecule has 0 amide bonds. The van der Waals surface area contributed by atoms with Crippen LogP contribution in [-0.4, -0.2) is 60.9 Å².